The fraction of sp³-hybridized carbons (Fsp3) is 0.333. The highest BCUT2D eigenvalue weighted by Gasteiger charge is 2.15. The largest absolute Gasteiger partial charge is 0.493 e. The molecule has 8 heteroatoms. The lowest BCUT2D eigenvalue weighted by Gasteiger charge is -2.15. The Bertz CT molecular complexity index is 844. The van der Waals surface area contributed by atoms with Crippen molar-refractivity contribution in [3.63, 3.8) is 0 Å². The molecule has 0 saturated carbocycles. The van der Waals surface area contributed by atoms with Gasteiger partial charge in [0.2, 0.25) is 0 Å². The molecule has 0 radical (unpaired) electrons. The number of carbonyl (C=O) groups is 2. The number of quaternary nitrogens is 1. The van der Waals surface area contributed by atoms with Gasteiger partial charge in [-0.05, 0) is 36.1 Å². The highest BCUT2D eigenvalue weighted by atomic mass is 32.2. The van der Waals surface area contributed by atoms with Crippen molar-refractivity contribution in [1.29, 1.82) is 0 Å². The number of hydrogen-bond acceptors (Lipinski definition) is 5. The maximum atomic E-state index is 12.3. The quantitative estimate of drug-likeness (QED) is 0.505. The fourth-order valence-corrected chi connectivity index (χ4v) is 3.36. The van der Waals surface area contributed by atoms with Gasteiger partial charge in [-0.15, -0.1) is 11.8 Å². The number of thioether (sulfide) groups is 1. The van der Waals surface area contributed by atoms with Crippen LogP contribution in [0.15, 0.2) is 47.4 Å². The molecule has 0 fully saturated rings. The molecular weight excluding hydrogens is 390 g/mol. The number of ether oxygens (including phenoxy) is 2. The van der Waals surface area contributed by atoms with Gasteiger partial charge in [-0.2, -0.15) is 0 Å². The minimum Gasteiger partial charge on any atom is -0.493 e. The molecule has 0 aliphatic rings. The molecule has 3 N–H and O–H groups in total. The standard InChI is InChI=1S/C21H27N3O4S/c1-24(14-21(26)23-16-7-5-6-8-19(16)29-4)13-20(25)22-12-15-9-10-17(27-2)18(11-15)28-3/h5-11H,12-14H2,1-4H3,(H,22,25)(H,23,26)/p+1. The smallest absolute Gasteiger partial charge is 0.279 e. The number of amides is 2. The summed E-state index contributed by atoms with van der Waals surface area (Å²) >= 11 is 1.57. The van der Waals surface area contributed by atoms with Crippen molar-refractivity contribution < 1.29 is 24.0 Å². The van der Waals surface area contributed by atoms with Crippen LogP contribution in [-0.4, -0.2) is 52.4 Å². The van der Waals surface area contributed by atoms with Gasteiger partial charge in [-0.3, -0.25) is 9.59 Å². The van der Waals surface area contributed by atoms with Gasteiger partial charge in [0.15, 0.2) is 24.6 Å². The highest BCUT2D eigenvalue weighted by Crippen LogP contribution is 2.27. The molecule has 0 aliphatic carbocycles. The Kier molecular flexibility index (Phi) is 8.82. The van der Waals surface area contributed by atoms with Crippen molar-refractivity contribution in [3.8, 4) is 11.5 Å². The number of methoxy groups -OCH3 is 2. The van der Waals surface area contributed by atoms with Gasteiger partial charge in [0.1, 0.15) is 0 Å². The first kappa shape index (κ1) is 22.6. The first-order chi connectivity index (χ1) is 14.0. The van der Waals surface area contributed by atoms with E-state index in [1.165, 1.54) is 0 Å². The maximum Gasteiger partial charge on any atom is 0.279 e. The van der Waals surface area contributed by atoms with Gasteiger partial charge >= 0.3 is 0 Å². The van der Waals surface area contributed by atoms with E-state index in [4.69, 9.17) is 9.47 Å². The lowest BCUT2D eigenvalue weighted by Crippen LogP contribution is -3.11. The summed E-state index contributed by atoms with van der Waals surface area (Å²) in [6.45, 7) is 0.775. The average molecular weight is 419 g/mol. The summed E-state index contributed by atoms with van der Waals surface area (Å²) in [6.07, 6.45) is 1.96. The number of hydrogen-bond donors (Lipinski definition) is 3. The van der Waals surface area contributed by atoms with E-state index in [9.17, 15) is 9.59 Å². The number of rotatable bonds is 10. The van der Waals surface area contributed by atoms with Crippen molar-refractivity contribution in [1.82, 2.24) is 5.32 Å². The molecule has 0 aliphatic heterocycles. The first-order valence-electron chi connectivity index (χ1n) is 9.18. The molecule has 2 aromatic carbocycles. The maximum absolute atomic E-state index is 12.3. The van der Waals surface area contributed by atoms with E-state index in [-0.39, 0.29) is 24.9 Å². The van der Waals surface area contributed by atoms with Crippen LogP contribution in [0.4, 0.5) is 5.69 Å². The van der Waals surface area contributed by atoms with Crippen LogP contribution in [0.3, 0.4) is 0 Å². The number of likely N-dealkylation sites (N-methyl/N-ethyl adjacent to an activating group) is 1. The molecule has 1 atom stereocenters. The minimum atomic E-state index is -0.130. The zero-order valence-electron chi connectivity index (χ0n) is 17.2. The highest BCUT2D eigenvalue weighted by molar-refractivity contribution is 7.98. The third-order valence-electron chi connectivity index (χ3n) is 4.24. The SMILES string of the molecule is COc1ccc(CNC(=O)C[NH+](C)CC(=O)Nc2ccccc2SC)cc1OC. The summed E-state index contributed by atoms with van der Waals surface area (Å²) in [5, 5.41) is 5.78. The second-order valence-electron chi connectivity index (χ2n) is 6.53. The molecule has 29 heavy (non-hydrogen) atoms. The summed E-state index contributed by atoms with van der Waals surface area (Å²) in [5.41, 5.74) is 1.69. The number of para-hydroxylation sites is 1. The Morgan fingerprint density at radius 2 is 1.69 bits per heavy atom. The Balaban J connectivity index is 1.80. The molecule has 7 nitrogen and oxygen atoms in total. The van der Waals surface area contributed by atoms with Gasteiger partial charge in [0.25, 0.3) is 11.8 Å². The number of benzene rings is 2. The molecule has 2 amide bonds. The van der Waals surface area contributed by atoms with Crippen molar-refractivity contribution >= 4 is 29.3 Å². The molecule has 0 saturated heterocycles. The van der Waals surface area contributed by atoms with Crippen molar-refractivity contribution in [2.45, 2.75) is 11.4 Å². The van der Waals surface area contributed by atoms with Crippen LogP contribution in [0.25, 0.3) is 0 Å². The van der Waals surface area contributed by atoms with Gasteiger partial charge in [-0.25, -0.2) is 0 Å². The van der Waals surface area contributed by atoms with E-state index < -0.39 is 0 Å². The Morgan fingerprint density at radius 1 is 1.00 bits per heavy atom. The first-order valence-corrected chi connectivity index (χ1v) is 10.4. The average Bonchev–Trinajstić information content (AvgIpc) is 2.72. The molecule has 2 rings (SSSR count). The summed E-state index contributed by atoms with van der Waals surface area (Å²) in [4.78, 5) is 26.3. The van der Waals surface area contributed by atoms with Crippen LogP contribution < -0.4 is 25.0 Å². The summed E-state index contributed by atoms with van der Waals surface area (Å²) in [7, 11) is 4.96. The topological polar surface area (TPSA) is 81.1 Å². The second kappa shape index (κ2) is 11.3. The van der Waals surface area contributed by atoms with Crippen LogP contribution in [0.2, 0.25) is 0 Å². The van der Waals surface area contributed by atoms with E-state index >= 15 is 0 Å². The van der Waals surface area contributed by atoms with Crippen LogP contribution in [-0.2, 0) is 16.1 Å². The monoisotopic (exact) mass is 418 g/mol. The molecule has 156 valence electrons. The van der Waals surface area contributed by atoms with Gasteiger partial charge in [0.05, 0.1) is 27.0 Å². The van der Waals surface area contributed by atoms with Crippen LogP contribution in [0, 0.1) is 0 Å². The van der Waals surface area contributed by atoms with Gasteiger partial charge < -0.3 is 25.0 Å². The Labute approximate surface area is 175 Å². The molecule has 0 heterocycles. The predicted molar refractivity (Wildman–Crippen MR) is 115 cm³/mol. The molecule has 2 aromatic rings. The zero-order valence-corrected chi connectivity index (χ0v) is 18.0. The van der Waals surface area contributed by atoms with E-state index in [1.54, 1.807) is 32.0 Å². The Morgan fingerprint density at radius 3 is 2.38 bits per heavy atom. The molecular formula is C21H28N3O4S+. The van der Waals surface area contributed by atoms with Crippen LogP contribution in [0.1, 0.15) is 5.56 Å². The van der Waals surface area contributed by atoms with Gasteiger partial charge in [0, 0.05) is 11.4 Å². The number of carbonyl (C=O) groups excluding carboxylic acids is 2. The van der Waals surface area contributed by atoms with Crippen molar-refractivity contribution in [3.05, 3.63) is 48.0 Å². The fourth-order valence-electron chi connectivity index (χ4n) is 2.81. The molecule has 1 unspecified atom stereocenters. The lowest BCUT2D eigenvalue weighted by atomic mass is 10.2. The lowest BCUT2D eigenvalue weighted by molar-refractivity contribution is -0.862. The van der Waals surface area contributed by atoms with Gasteiger partial charge in [-0.1, -0.05) is 18.2 Å². The summed E-state index contributed by atoms with van der Waals surface area (Å²) in [5.74, 6) is 0.997. The van der Waals surface area contributed by atoms with Crippen LogP contribution in [0.5, 0.6) is 11.5 Å². The van der Waals surface area contributed by atoms with E-state index in [1.807, 2.05) is 49.7 Å². The second-order valence-corrected chi connectivity index (χ2v) is 7.37. The van der Waals surface area contributed by atoms with E-state index in [2.05, 4.69) is 10.6 Å². The summed E-state index contributed by atoms with van der Waals surface area (Å²) in [6, 6.07) is 13.1. The number of anilines is 1. The van der Waals surface area contributed by atoms with Crippen LogP contribution >= 0.6 is 11.8 Å². The molecule has 0 aromatic heterocycles. The Hall–Kier alpha value is -2.71. The van der Waals surface area contributed by atoms with Crippen molar-refractivity contribution in [2.75, 3.05) is 45.9 Å². The summed E-state index contributed by atoms with van der Waals surface area (Å²) < 4.78 is 10.5. The van der Waals surface area contributed by atoms with E-state index in [0.29, 0.717) is 18.0 Å². The number of nitrogens with one attached hydrogen (secondary N) is 3. The third-order valence-corrected chi connectivity index (χ3v) is 5.04. The zero-order chi connectivity index (χ0) is 21.2. The molecule has 0 spiro atoms. The predicted octanol–water partition coefficient (Wildman–Crippen LogP) is 1.20. The van der Waals surface area contributed by atoms with Crippen molar-refractivity contribution in [2.24, 2.45) is 0 Å². The van der Waals surface area contributed by atoms with E-state index in [0.717, 1.165) is 21.0 Å². The minimum absolute atomic E-state index is 0.128. The normalized spacial score (nSPS) is 11.4. The molecule has 0 bridgehead atoms. The third kappa shape index (κ3) is 6.99.